The molecule has 2 unspecified atom stereocenters. The highest BCUT2D eigenvalue weighted by Gasteiger charge is 2.23. The van der Waals surface area contributed by atoms with Gasteiger partial charge in [-0.25, -0.2) is 0 Å². The molecule has 14 heavy (non-hydrogen) atoms. The van der Waals surface area contributed by atoms with Crippen LogP contribution in [0.15, 0.2) is 6.20 Å². The summed E-state index contributed by atoms with van der Waals surface area (Å²) in [6, 6.07) is 0. The van der Waals surface area contributed by atoms with Crippen molar-refractivity contribution in [1.82, 2.24) is 9.78 Å². The lowest BCUT2D eigenvalue weighted by Gasteiger charge is -2.18. The van der Waals surface area contributed by atoms with E-state index in [0.29, 0.717) is 11.4 Å². The lowest BCUT2D eigenvalue weighted by atomic mass is 10.1. The molecule has 0 bridgehead atoms. The van der Waals surface area contributed by atoms with Crippen LogP contribution in [-0.2, 0) is 11.8 Å². The Balaban J connectivity index is 2.97. The van der Waals surface area contributed by atoms with Gasteiger partial charge < -0.3 is 14.6 Å². The first-order chi connectivity index (χ1) is 6.61. The van der Waals surface area contributed by atoms with Gasteiger partial charge in [-0.15, -0.1) is 0 Å². The molecule has 0 aliphatic rings. The van der Waals surface area contributed by atoms with Crippen molar-refractivity contribution in [3.05, 3.63) is 11.9 Å². The van der Waals surface area contributed by atoms with Crippen LogP contribution in [0, 0.1) is 0 Å². The summed E-state index contributed by atoms with van der Waals surface area (Å²) >= 11 is 0. The minimum atomic E-state index is -0.734. The number of ether oxygens (including phenoxy) is 2. The summed E-state index contributed by atoms with van der Waals surface area (Å²) in [6.45, 7) is 1.79. The summed E-state index contributed by atoms with van der Waals surface area (Å²) in [5, 5.41) is 13.9. The van der Waals surface area contributed by atoms with E-state index in [-0.39, 0.29) is 6.10 Å². The lowest BCUT2D eigenvalue weighted by molar-refractivity contribution is -0.00653. The summed E-state index contributed by atoms with van der Waals surface area (Å²) in [5.41, 5.74) is 0.627. The van der Waals surface area contributed by atoms with E-state index in [1.165, 1.54) is 0 Å². The molecular formula is C9H16N2O3. The van der Waals surface area contributed by atoms with Crippen LogP contribution in [0.4, 0.5) is 0 Å². The highest BCUT2D eigenvalue weighted by Crippen LogP contribution is 2.27. The maximum atomic E-state index is 9.90. The molecule has 0 aliphatic heterocycles. The fourth-order valence-electron chi connectivity index (χ4n) is 1.27. The Labute approximate surface area is 83.2 Å². The Hall–Kier alpha value is -1.07. The Bertz CT molecular complexity index is 298. The monoisotopic (exact) mass is 200 g/mol. The lowest BCUT2D eigenvalue weighted by Crippen LogP contribution is -2.20. The quantitative estimate of drug-likeness (QED) is 0.768. The smallest absolute Gasteiger partial charge is 0.162 e. The second-order valence-corrected chi connectivity index (χ2v) is 3.11. The van der Waals surface area contributed by atoms with Crippen molar-refractivity contribution >= 4 is 0 Å². The van der Waals surface area contributed by atoms with Crippen LogP contribution in [0.5, 0.6) is 5.75 Å². The molecule has 1 aromatic rings. The number of aliphatic hydroxyl groups excluding tert-OH is 1. The van der Waals surface area contributed by atoms with Gasteiger partial charge in [0, 0.05) is 14.2 Å². The van der Waals surface area contributed by atoms with Gasteiger partial charge in [-0.05, 0) is 6.92 Å². The van der Waals surface area contributed by atoms with Crippen LogP contribution in [0.1, 0.15) is 18.7 Å². The molecule has 0 spiro atoms. The van der Waals surface area contributed by atoms with E-state index in [2.05, 4.69) is 5.10 Å². The van der Waals surface area contributed by atoms with Gasteiger partial charge in [-0.1, -0.05) is 0 Å². The number of hydrogen-bond acceptors (Lipinski definition) is 4. The third-order valence-corrected chi connectivity index (χ3v) is 2.27. The maximum Gasteiger partial charge on any atom is 0.162 e. The van der Waals surface area contributed by atoms with E-state index in [9.17, 15) is 5.11 Å². The van der Waals surface area contributed by atoms with Gasteiger partial charge in [0.2, 0.25) is 0 Å². The molecule has 0 saturated carbocycles. The molecular weight excluding hydrogens is 184 g/mol. The van der Waals surface area contributed by atoms with Gasteiger partial charge in [0.25, 0.3) is 0 Å². The molecule has 2 atom stereocenters. The SMILES string of the molecule is COc1cnn(C)c1C(O)C(C)OC. The van der Waals surface area contributed by atoms with Gasteiger partial charge in [0.05, 0.1) is 19.4 Å². The average molecular weight is 200 g/mol. The van der Waals surface area contributed by atoms with E-state index < -0.39 is 6.10 Å². The van der Waals surface area contributed by atoms with Crippen LogP contribution < -0.4 is 4.74 Å². The maximum absolute atomic E-state index is 9.90. The number of hydrogen-bond donors (Lipinski definition) is 1. The molecule has 0 amide bonds. The second-order valence-electron chi connectivity index (χ2n) is 3.11. The van der Waals surface area contributed by atoms with Crippen molar-refractivity contribution in [2.45, 2.75) is 19.1 Å². The molecule has 1 heterocycles. The zero-order valence-corrected chi connectivity index (χ0v) is 8.89. The Kier molecular flexibility index (Phi) is 3.49. The summed E-state index contributed by atoms with van der Waals surface area (Å²) in [4.78, 5) is 0. The first kappa shape index (κ1) is 11.0. The zero-order valence-electron chi connectivity index (χ0n) is 8.89. The second kappa shape index (κ2) is 4.43. The molecule has 1 aromatic heterocycles. The molecule has 1 N–H and O–H groups in total. The molecule has 5 heteroatoms. The minimum absolute atomic E-state index is 0.292. The predicted octanol–water partition coefficient (Wildman–Crippen LogP) is 0.497. The van der Waals surface area contributed by atoms with Crippen molar-refractivity contribution in [3.8, 4) is 5.75 Å². The van der Waals surface area contributed by atoms with Crippen molar-refractivity contribution < 1.29 is 14.6 Å². The molecule has 1 rings (SSSR count). The van der Waals surface area contributed by atoms with Crippen molar-refractivity contribution in [2.24, 2.45) is 7.05 Å². The average Bonchev–Trinajstić information content (AvgIpc) is 2.57. The van der Waals surface area contributed by atoms with Gasteiger partial charge in [0.15, 0.2) is 5.75 Å². The number of aliphatic hydroxyl groups is 1. The summed E-state index contributed by atoms with van der Waals surface area (Å²) in [7, 11) is 4.85. The molecule has 0 radical (unpaired) electrons. The van der Waals surface area contributed by atoms with Crippen LogP contribution >= 0.6 is 0 Å². The van der Waals surface area contributed by atoms with E-state index >= 15 is 0 Å². The number of aryl methyl sites for hydroxylation is 1. The highest BCUT2D eigenvalue weighted by atomic mass is 16.5. The van der Waals surface area contributed by atoms with E-state index in [1.807, 2.05) is 0 Å². The number of rotatable bonds is 4. The largest absolute Gasteiger partial charge is 0.493 e. The first-order valence-corrected chi connectivity index (χ1v) is 4.38. The zero-order chi connectivity index (χ0) is 10.7. The van der Waals surface area contributed by atoms with Gasteiger partial charge in [0.1, 0.15) is 11.8 Å². The molecule has 80 valence electrons. The van der Waals surface area contributed by atoms with E-state index in [0.717, 1.165) is 0 Å². The van der Waals surface area contributed by atoms with Crippen LogP contribution in [0.25, 0.3) is 0 Å². The molecule has 0 fully saturated rings. The van der Waals surface area contributed by atoms with Crippen LogP contribution in [-0.4, -0.2) is 35.2 Å². The fourth-order valence-corrected chi connectivity index (χ4v) is 1.27. The van der Waals surface area contributed by atoms with Gasteiger partial charge >= 0.3 is 0 Å². The van der Waals surface area contributed by atoms with Gasteiger partial charge in [-0.3, -0.25) is 4.68 Å². The standard InChI is InChI=1S/C9H16N2O3/c1-6(13-3)9(12)8-7(14-4)5-10-11(8)2/h5-6,9,12H,1-4H3. The topological polar surface area (TPSA) is 56.5 Å². The highest BCUT2D eigenvalue weighted by molar-refractivity contribution is 5.27. The minimum Gasteiger partial charge on any atom is -0.493 e. The Morgan fingerprint density at radius 2 is 2.14 bits per heavy atom. The number of methoxy groups -OCH3 is 2. The summed E-state index contributed by atoms with van der Waals surface area (Å²) < 4.78 is 11.7. The van der Waals surface area contributed by atoms with Crippen molar-refractivity contribution in [2.75, 3.05) is 14.2 Å². The van der Waals surface area contributed by atoms with Crippen LogP contribution in [0.2, 0.25) is 0 Å². The molecule has 0 aliphatic carbocycles. The van der Waals surface area contributed by atoms with Crippen molar-refractivity contribution in [1.29, 1.82) is 0 Å². The third-order valence-electron chi connectivity index (χ3n) is 2.27. The van der Waals surface area contributed by atoms with Crippen LogP contribution in [0.3, 0.4) is 0 Å². The first-order valence-electron chi connectivity index (χ1n) is 4.38. The summed E-state index contributed by atoms with van der Waals surface area (Å²) in [6.07, 6.45) is 0.544. The van der Waals surface area contributed by atoms with E-state index in [1.54, 1.807) is 39.1 Å². The molecule has 0 saturated heterocycles. The van der Waals surface area contributed by atoms with Gasteiger partial charge in [-0.2, -0.15) is 5.10 Å². The number of nitrogens with zero attached hydrogens (tertiary/aromatic N) is 2. The molecule has 0 aromatic carbocycles. The number of aromatic nitrogens is 2. The normalized spacial score (nSPS) is 15.2. The molecule has 5 nitrogen and oxygen atoms in total. The summed E-state index contributed by atoms with van der Waals surface area (Å²) in [5.74, 6) is 0.573. The third kappa shape index (κ3) is 1.88. The predicted molar refractivity (Wildman–Crippen MR) is 51.2 cm³/mol. The van der Waals surface area contributed by atoms with E-state index in [4.69, 9.17) is 9.47 Å². The fraction of sp³-hybridized carbons (Fsp3) is 0.667. The Morgan fingerprint density at radius 3 is 2.64 bits per heavy atom. The Morgan fingerprint density at radius 1 is 1.50 bits per heavy atom. The van der Waals surface area contributed by atoms with Crippen molar-refractivity contribution in [3.63, 3.8) is 0 Å².